The van der Waals surface area contributed by atoms with Gasteiger partial charge in [-0.2, -0.15) is 0 Å². The van der Waals surface area contributed by atoms with E-state index in [-0.39, 0.29) is 18.0 Å². The summed E-state index contributed by atoms with van der Waals surface area (Å²) in [5, 5.41) is 13.9. The number of ether oxygens (including phenoxy) is 1. The van der Waals surface area contributed by atoms with Crippen LogP contribution in [0.2, 0.25) is 0 Å². The Morgan fingerprint density at radius 2 is 2.28 bits per heavy atom. The van der Waals surface area contributed by atoms with Crippen molar-refractivity contribution in [2.75, 3.05) is 20.2 Å². The number of hydrogen-bond acceptors (Lipinski definition) is 4. The quantitative estimate of drug-likeness (QED) is 0.458. The molecule has 0 saturated heterocycles. The number of benzene rings is 1. The molecule has 0 spiro atoms. The first-order chi connectivity index (χ1) is 8.58. The molecule has 0 heterocycles. The molecule has 1 rings (SSSR count). The summed E-state index contributed by atoms with van der Waals surface area (Å²) in [4.78, 5) is 10.5. The van der Waals surface area contributed by atoms with Gasteiger partial charge in [0.25, 0.3) is 0 Å². The lowest BCUT2D eigenvalue weighted by atomic mass is 10.1. The highest BCUT2D eigenvalue weighted by molar-refractivity contribution is 5.48. The molecule has 18 heavy (non-hydrogen) atoms. The first kappa shape index (κ1) is 14.2. The lowest BCUT2D eigenvalue weighted by molar-refractivity contribution is -0.385. The molecule has 0 amide bonds. The molecule has 1 N–H and O–H groups in total. The molecule has 0 atom stereocenters. The van der Waals surface area contributed by atoms with Gasteiger partial charge in [0.2, 0.25) is 0 Å². The van der Waals surface area contributed by atoms with Crippen LogP contribution in [0.5, 0.6) is 5.75 Å². The van der Waals surface area contributed by atoms with Crippen LogP contribution >= 0.6 is 0 Å². The topological polar surface area (TPSA) is 64.4 Å². The lowest BCUT2D eigenvalue weighted by Gasteiger charge is -2.09. The van der Waals surface area contributed by atoms with E-state index in [0.717, 1.165) is 17.6 Å². The van der Waals surface area contributed by atoms with Gasteiger partial charge in [0.05, 0.1) is 4.92 Å². The van der Waals surface area contributed by atoms with Gasteiger partial charge >= 0.3 is 5.69 Å². The minimum atomic E-state index is -0.421. The Kier molecular flexibility index (Phi) is 5.32. The molecule has 5 heteroatoms. The standard InChI is InChI=1S/C13H18N2O3/c1-4-11-5-6-13(12(7-11)15(16)17)18-9-10(2)8-14-3/h5-7,14H,2,4,8-9H2,1,3H3. The number of nitrogens with one attached hydrogen (secondary N) is 1. The highest BCUT2D eigenvalue weighted by atomic mass is 16.6. The summed E-state index contributed by atoms with van der Waals surface area (Å²) >= 11 is 0. The maximum absolute atomic E-state index is 11.0. The van der Waals surface area contributed by atoms with E-state index in [2.05, 4.69) is 11.9 Å². The number of likely N-dealkylation sites (N-methyl/N-ethyl adjacent to an activating group) is 1. The number of hydrogen-bond donors (Lipinski definition) is 1. The van der Waals surface area contributed by atoms with Gasteiger partial charge in [0, 0.05) is 12.6 Å². The van der Waals surface area contributed by atoms with Crippen molar-refractivity contribution in [1.29, 1.82) is 0 Å². The summed E-state index contributed by atoms with van der Waals surface area (Å²) in [5.41, 5.74) is 1.76. The fourth-order valence-corrected chi connectivity index (χ4v) is 1.53. The van der Waals surface area contributed by atoms with E-state index in [1.807, 2.05) is 20.0 Å². The third kappa shape index (κ3) is 3.85. The van der Waals surface area contributed by atoms with E-state index >= 15 is 0 Å². The van der Waals surface area contributed by atoms with Crippen LogP contribution in [0.25, 0.3) is 0 Å². The van der Waals surface area contributed by atoms with E-state index in [1.54, 1.807) is 12.1 Å². The van der Waals surface area contributed by atoms with Crippen LogP contribution in [0.1, 0.15) is 12.5 Å². The van der Waals surface area contributed by atoms with Gasteiger partial charge in [-0.15, -0.1) is 0 Å². The molecule has 98 valence electrons. The normalized spacial score (nSPS) is 10.1. The molecule has 0 radical (unpaired) electrons. The number of nitrogens with zero attached hydrogens (tertiary/aromatic N) is 1. The molecule has 0 aliphatic rings. The Morgan fingerprint density at radius 1 is 1.56 bits per heavy atom. The second kappa shape index (κ2) is 6.76. The SMILES string of the molecule is C=C(CNC)COc1ccc(CC)cc1[N+](=O)[O-]. The summed E-state index contributed by atoms with van der Waals surface area (Å²) in [6.45, 7) is 6.66. The van der Waals surface area contributed by atoms with Crippen LogP contribution in [0.3, 0.4) is 0 Å². The highest BCUT2D eigenvalue weighted by Crippen LogP contribution is 2.28. The molecule has 0 aliphatic heterocycles. The molecule has 0 fully saturated rings. The monoisotopic (exact) mass is 250 g/mol. The molecule has 1 aromatic rings. The first-order valence-corrected chi connectivity index (χ1v) is 5.79. The first-order valence-electron chi connectivity index (χ1n) is 5.79. The average molecular weight is 250 g/mol. The number of rotatable bonds is 7. The third-order valence-corrected chi connectivity index (χ3v) is 2.49. The molecule has 0 saturated carbocycles. The Bertz CT molecular complexity index is 444. The van der Waals surface area contributed by atoms with Crippen LogP contribution in [0, 0.1) is 10.1 Å². The fourth-order valence-electron chi connectivity index (χ4n) is 1.53. The predicted octanol–water partition coefficient (Wildman–Crippen LogP) is 2.31. The molecule has 0 aliphatic carbocycles. The Balaban J connectivity index is 2.81. The van der Waals surface area contributed by atoms with Crippen molar-refractivity contribution >= 4 is 5.69 Å². The zero-order valence-corrected chi connectivity index (χ0v) is 10.7. The van der Waals surface area contributed by atoms with Gasteiger partial charge < -0.3 is 10.1 Å². The van der Waals surface area contributed by atoms with E-state index in [0.29, 0.717) is 6.54 Å². The van der Waals surface area contributed by atoms with Gasteiger partial charge in [0.1, 0.15) is 6.61 Å². The number of aryl methyl sites for hydroxylation is 1. The summed E-state index contributed by atoms with van der Waals surface area (Å²) in [6, 6.07) is 5.03. The zero-order chi connectivity index (χ0) is 13.5. The summed E-state index contributed by atoms with van der Waals surface area (Å²) < 4.78 is 5.43. The maximum atomic E-state index is 11.0. The number of nitro groups is 1. The molecular weight excluding hydrogens is 232 g/mol. The smallest absolute Gasteiger partial charge is 0.311 e. The highest BCUT2D eigenvalue weighted by Gasteiger charge is 2.15. The summed E-state index contributed by atoms with van der Waals surface area (Å²) in [7, 11) is 1.81. The summed E-state index contributed by atoms with van der Waals surface area (Å²) in [5.74, 6) is 0.287. The molecule has 0 aromatic heterocycles. The van der Waals surface area contributed by atoms with Crippen molar-refractivity contribution in [2.24, 2.45) is 0 Å². The summed E-state index contributed by atoms with van der Waals surface area (Å²) in [6.07, 6.45) is 0.758. The van der Waals surface area contributed by atoms with Crippen LogP contribution in [-0.2, 0) is 6.42 Å². The maximum Gasteiger partial charge on any atom is 0.311 e. The molecule has 1 aromatic carbocycles. The second-order valence-electron chi connectivity index (χ2n) is 3.98. The van der Waals surface area contributed by atoms with Gasteiger partial charge in [-0.05, 0) is 30.7 Å². The number of nitro benzene ring substituents is 1. The van der Waals surface area contributed by atoms with E-state index in [4.69, 9.17) is 4.74 Å². The zero-order valence-electron chi connectivity index (χ0n) is 10.7. The molecule has 5 nitrogen and oxygen atoms in total. The van der Waals surface area contributed by atoms with Crippen molar-refractivity contribution in [1.82, 2.24) is 5.32 Å². The fraction of sp³-hybridized carbons (Fsp3) is 0.385. The Hall–Kier alpha value is -1.88. The van der Waals surface area contributed by atoms with Crippen molar-refractivity contribution < 1.29 is 9.66 Å². The molecule has 0 bridgehead atoms. The van der Waals surface area contributed by atoms with E-state index in [1.165, 1.54) is 0 Å². The molecular formula is C13H18N2O3. The predicted molar refractivity (Wildman–Crippen MR) is 71.0 cm³/mol. The van der Waals surface area contributed by atoms with Gasteiger partial charge in [-0.25, -0.2) is 0 Å². The van der Waals surface area contributed by atoms with Crippen LogP contribution in [0.4, 0.5) is 5.69 Å². The lowest BCUT2D eigenvalue weighted by Crippen LogP contribution is -2.14. The van der Waals surface area contributed by atoms with E-state index in [9.17, 15) is 10.1 Å². The molecule has 0 unspecified atom stereocenters. The van der Waals surface area contributed by atoms with Gasteiger partial charge in [-0.3, -0.25) is 10.1 Å². The van der Waals surface area contributed by atoms with Crippen LogP contribution in [0.15, 0.2) is 30.4 Å². The van der Waals surface area contributed by atoms with Crippen molar-refractivity contribution in [3.8, 4) is 5.75 Å². The average Bonchev–Trinajstić information content (AvgIpc) is 2.36. The van der Waals surface area contributed by atoms with Crippen LogP contribution < -0.4 is 10.1 Å². The second-order valence-corrected chi connectivity index (χ2v) is 3.98. The Morgan fingerprint density at radius 3 is 2.83 bits per heavy atom. The van der Waals surface area contributed by atoms with Gasteiger partial charge in [-0.1, -0.05) is 19.6 Å². The van der Waals surface area contributed by atoms with E-state index < -0.39 is 4.92 Å². The Labute approximate surface area is 107 Å². The minimum absolute atomic E-state index is 0.00612. The van der Waals surface area contributed by atoms with Gasteiger partial charge in [0.15, 0.2) is 5.75 Å². The largest absolute Gasteiger partial charge is 0.482 e. The third-order valence-electron chi connectivity index (χ3n) is 2.49. The van der Waals surface area contributed by atoms with Crippen molar-refractivity contribution in [2.45, 2.75) is 13.3 Å². The van der Waals surface area contributed by atoms with Crippen molar-refractivity contribution in [3.63, 3.8) is 0 Å². The van der Waals surface area contributed by atoms with Crippen LogP contribution in [-0.4, -0.2) is 25.1 Å². The van der Waals surface area contributed by atoms with Crippen molar-refractivity contribution in [3.05, 3.63) is 46.0 Å². The minimum Gasteiger partial charge on any atom is -0.482 e.